The number of fused-ring (bicyclic) bond motifs is 1. The zero-order valence-corrected chi connectivity index (χ0v) is 11.5. The van der Waals surface area contributed by atoms with E-state index in [0.29, 0.717) is 23.1 Å². The van der Waals surface area contributed by atoms with E-state index in [1.54, 1.807) is 20.4 Å². The topological polar surface area (TPSA) is 57.4 Å². The standard InChI is InChI=1S/C15H14N2O3/c1-9-6-11-15(16-8-9)20-14(17-11)10-4-5-12(18-2)13(7-10)19-3/h4-8H,1-3H3. The van der Waals surface area contributed by atoms with Crippen molar-refractivity contribution in [3.05, 3.63) is 36.0 Å². The molecule has 1 aromatic carbocycles. The molecule has 0 radical (unpaired) electrons. The van der Waals surface area contributed by atoms with Crippen molar-refractivity contribution in [1.29, 1.82) is 0 Å². The molecule has 0 N–H and O–H groups in total. The molecule has 0 aliphatic carbocycles. The molecular weight excluding hydrogens is 256 g/mol. The minimum absolute atomic E-state index is 0.513. The predicted molar refractivity (Wildman–Crippen MR) is 75.1 cm³/mol. The summed E-state index contributed by atoms with van der Waals surface area (Å²) in [6.45, 7) is 1.97. The number of hydrogen-bond acceptors (Lipinski definition) is 5. The van der Waals surface area contributed by atoms with Crippen LogP contribution in [0.4, 0.5) is 0 Å². The van der Waals surface area contributed by atoms with Crippen molar-refractivity contribution in [1.82, 2.24) is 9.97 Å². The number of pyridine rings is 1. The van der Waals surface area contributed by atoms with Gasteiger partial charge in [0, 0.05) is 11.8 Å². The minimum atomic E-state index is 0.513. The van der Waals surface area contributed by atoms with E-state index in [1.807, 2.05) is 31.2 Å². The van der Waals surface area contributed by atoms with Crippen LogP contribution in [0.3, 0.4) is 0 Å². The smallest absolute Gasteiger partial charge is 0.247 e. The maximum Gasteiger partial charge on any atom is 0.247 e. The molecule has 0 bridgehead atoms. The molecule has 0 aliphatic heterocycles. The monoisotopic (exact) mass is 270 g/mol. The molecule has 0 amide bonds. The summed E-state index contributed by atoms with van der Waals surface area (Å²) in [5.41, 5.74) is 3.14. The third-order valence-corrected chi connectivity index (χ3v) is 3.01. The fraction of sp³-hybridized carbons (Fsp3) is 0.200. The van der Waals surface area contributed by atoms with E-state index in [1.165, 1.54) is 0 Å². The van der Waals surface area contributed by atoms with Crippen molar-refractivity contribution < 1.29 is 13.9 Å². The first-order valence-electron chi connectivity index (χ1n) is 6.17. The summed E-state index contributed by atoms with van der Waals surface area (Å²) < 4.78 is 16.2. The van der Waals surface area contributed by atoms with Crippen molar-refractivity contribution in [2.75, 3.05) is 14.2 Å². The lowest BCUT2D eigenvalue weighted by molar-refractivity contribution is 0.355. The van der Waals surface area contributed by atoms with Crippen LogP contribution in [0, 0.1) is 6.92 Å². The Morgan fingerprint density at radius 2 is 1.85 bits per heavy atom. The Morgan fingerprint density at radius 3 is 2.60 bits per heavy atom. The van der Waals surface area contributed by atoms with Crippen LogP contribution in [0.2, 0.25) is 0 Å². The maximum absolute atomic E-state index is 5.66. The van der Waals surface area contributed by atoms with Gasteiger partial charge in [0.05, 0.1) is 14.2 Å². The Kier molecular flexibility index (Phi) is 3.02. The first-order valence-corrected chi connectivity index (χ1v) is 6.17. The number of nitrogens with zero attached hydrogens (tertiary/aromatic N) is 2. The van der Waals surface area contributed by atoms with E-state index in [0.717, 1.165) is 16.6 Å². The number of aromatic nitrogens is 2. The van der Waals surface area contributed by atoms with Crippen molar-refractivity contribution >= 4 is 11.2 Å². The van der Waals surface area contributed by atoms with Crippen LogP contribution < -0.4 is 9.47 Å². The number of ether oxygens (including phenoxy) is 2. The molecule has 0 atom stereocenters. The van der Waals surface area contributed by atoms with Crippen LogP contribution in [0.1, 0.15) is 5.56 Å². The number of rotatable bonds is 3. The molecule has 3 aromatic rings. The van der Waals surface area contributed by atoms with Crippen LogP contribution in [0.15, 0.2) is 34.9 Å². The van der Waals surface area contributed by atoms with Crippen LogP contribution >= 0.6 is 0 Å². The van der Waals surface area contributed by atoms with Crippen molar-refractivity contribution in [2.24, 2.45) is 0 Å². The second kappa shape index (κ2) is 4.85. The van der Waals surface area contributed by atoms with Gasteiger partial charge in [-0.15, -0.1) is 0 Å². The van der Waals surface area contributed by atoms with Gasteiger partial charge in [0.25, 0.3) is 0 Å². The molecule has 0 spiro atoms. The molecule has 5 nitrogen and oxygen atoms in total. The molecule has 102 valence electrons. The third-order valence-electron chi connectivity index (χ3n) is 3.01. The van der Waals surface area contributed by atoms with Crippen LogP contribution in [-0.2, 0) is 0 Å². The van der Waals surface area contributed by atoms with Gasteiger partial charge in [-0.1, -0.05) is 0 Å². The largest absolute Gasteiger partial charge is 0.493 e. The highest BCUT2D eigenvalue weighted by molar-refractivity contribution is 5.73. The molecule has 0 saturated carbocycles. The second-order valence-corrected chi connectivity index (χ2v) is 4.43. The van der Waals surface area contributed by atoms with Gasteiger partial charge in [0.1, 0.15) is 5.52 Å². The molecule has 2 heterocycles. The van der Waals surface area contributed by atoms with E-state index in [2.05, 4.69) is 9.97 Å². The normalized spacial score (nSPS) is 10.8. The zero-order valence-electron chi connectivity index (χ0n) is 11.5. The van der Waals surface area contributed by atoms with E-state index in [4.69, 9.17) is 13.9 Å². The summed E-state index contributed by atoms with van der Waals surface area (Å²) in [5, 5.41) is 0. The second-order valence-electron chi connectivity index (χ2n) is 4.43. The zero-order chi connectivity index (χ0) is 14.1. The van der Waals surface area contributed by atoms with E-state index >= 15 is 0 Å². The van der Waals surface area contributed by atoms with Crippen LogP contribution in [0.25, 0.3) is 22.7 Å². The molecular formula is C15H14N2O3. The Balaban J connectivity index is 2.10. The summed E-state index contributed by atoms with van der Waals surface area (Å²) in [4.78, 5) is 8.67. The highest BCUT2D eigenvalue weighted by Gasteiger charge is 2.12. The van der Waals surface area contributed by atoms with Gasteiger partial charge < -0.3 is 13.9 Å². The highest BCUT2D eigenvalue weighted by Crippen LogP contribution is 2.32. The summed E-state index contributed by atoms with van der Waals surface area (Å²) in [7, 11) is 3.20. The molecule has 0 saturated heterocycles. The molecule has 0 aliphatic rings. The van der Waals surface area contributed by atoms with E-state index < -0.39 is 0 Å². The van der Waals surface area contributed by atoms with Crippen molar-refractivity contribution in [3.63, 3.8) is 0 Å². The average Bonchev–Trinajstić information content (AvgIpc) is 2.89. The average molecular weight is 270 g/mol. The number of methoxy groups -OCH3 is 2. The van der Waals surface area contributed by atoms with E-state index in [9.17, 15) is 0 Å². The van der Waals surface area contributed by atoms with E-state index in [-0.39, 0.29) is 0 Å². The molecule has 20 heavy (non-hydrogen) atoms. The Morgan fingerprint density at radius 1 is 1.05 bits per heavy atom. The van der Waals surface area contributed by atoms with Gasteiger partial charge in [-0.3, -0.25) is 0 Å². The van der Waals surface area contributed by atoms with Gasteiger partial charge in [-0.05, 0) is 36.8 Å². The summed E-state index contributed by atoms with van der Waals surface area (Å²) in [6.07, 6.45) is 1.76. The van der Waals surface area contributed by atoms with Gasteiger partial charge in [-0.2, -0.15) is 0 Å². The first kappa shape index (κ1) is 12.5. The maximum atomic E-state index is 5.66. The molecule has 3 rings (SSSR count). The number of aryl methyl sites for hydroxylation is 1. The van der Waals surface area contributed by atoms with Gasteiger partial charge in [0.15, 0.2) is 11.5 Å². The lowest BCUT2D eigenvalue weighted by Crippen LogP contribution is -1.90. The number of benzene rings is 1. The summed E-state index contributed by atoms with van der Waals surface area (Å²) in [5.74, 6) is 1.82. The third kappa shape index (κ3) is 2.07. The first-order chi connectivity index (χ1) is 9.71. The van der Waals surface area contributed by atoms with Crippen molar-refractivity contribution in [2.45, 2.75) is 6.92 Å². The Hall–Kier alpha value is -2.56. The number of oxazole rings is 1. The van der Waals surface area contributed by atoms with Crippen LogP contribution in [0.5, 0.6) is 11.5 Å². The highest BCUT2D eigenvalue weighted by atomic mass is 16.5. The summed E-state index contributed by atoms with van der Waals surface area (Å²) >= 11 is 0. The fourth-order valence-corrected chi connectivity index (χ4v) is 2.02. The molecule has 0 unspecified atom stereocenters. The lowest BCUT2D eigenvalue weighted by atomic mass is 10.2. The molecule has 2 aromatic heterocycles. The Labute approximate surface area is 116 Å². The number of hydrogen-bond donors (Lipinski definition) is 0. The van der Waals surface area contributed by atoms with Gasteiger partial charge in [0.2, 0.25) is 11.6 Å². The molecule has 0 fully saturated rings. The Bertz CT molecular complexity index is 765. The van der Waals surface area contributed by atoms with Crippen LogP contribution in [-0.4, -0.2) is 24.2 Å². The SMILES string of the molecule is COc1ccc(-c2nc3cc(C)cnc3o2)cc1OC. The van der Waals surface area contributed by atoms with Gasteiger partial charge >= 0.3 is 0 Å². The summed E-state index contributed by atoms with van der Waals surface area (Å²) in [6, 6.07) is 7.47. The fourth-order valence-electron chi connectivity index (χ4n) is 2.02. The predicted octanol–water partition coefficient (Wildman–Crippen LogP) is 3.22. The lowest BCUT2D eigenvalue weighted by Gasteiger charge is -2.07. The quantitative estimate of drug-likeness (QED) is 0.731. The van der Waals surface area contributed by atoms with Gasteiger partial charge in [-0.25, -0.2) is 9.97 Å². The minimum Gasteiger partial charge on any atom is -0.493 e. The van der Waals surface area contributed by atoms with Crippen molar-refractivity contribution in [3.8, 4) is 23.0 Å². The molecule has 5 heteroatoms.